The second kappa shape index (κ2) is 10.9. The first-order chi connectivity index (χ1) is 16.3. The summed E-state index contributed by atoms with van der Waals surface area (Å²) in [6.07, 6.45) is 1.62. The fourth-order valence-electron chi connectivity index (χ4n) is 3.21. The molecule has 1 heterocycles. The van der Waals surface area contributed by atoms with Gasteiger partial charge in [-0.2, -0.15) is 0 Å². The van der Waals surface area contributed by atoms with Crippen molar-refractivity contribution in [2.75, 3.05) is 6.54 Å². The van der Waals surface area contributed by atoms with Crippen LogP contribution in [-0.4, -0.2) is 28.4 Å². The fraction of sp³-hybridized carbons (Fsp3) is 0.0800. The van der Waals surface area contributed by atoms with Crippen LogP contribution < -0.4 is 4.74 Å². The van der Waals surface area contributed by atoms with Gasteiger partial charge in [0.25, 0.3) is 11.1 Å². The van der Waals surface area contributed by atoms with Gasteiger partial charge in [-0.3, -0.25) is 19.3 Å². The van der Waals surface area contributed by atoms with Gasteiger partial charge in [0.15, 0.2) is 5.78 Å². The highest BCUT2D eigenvalue weighted by Gasteiger charge is 2.36. The Morgan fingerprint density at radius 2 is 1.65 bits per heavy atom. The molecule has 1 fully saturated rings. The summed E-state index contributed by atoms with van der Waals surface area (Å²) >= 11 is 14.0. The van der Waals surface area contributed by atoms with Crippen molar-refractivity contribution in [3.05, 3.63) is 102 Å². The number of rotatable bonds is 7. The number of ether oxygens (including phenoxy) is 1. The third kappa shape index (κ3) is 5.63. The van der Waals surface area contributed by atoms with Crippen molar-refractivity contribution < 1.29 is 19.1 Å². The molecule has 0 spiro atoms. The first-order valence-corrected chi connectivity index (χ1v) is 12.8. The van der Waals surface area contributed by atoms with E-state index in [-0.39, 0.29) is 23.8 Å². The minimum absolute atomic E-state index is 0.245. The van der Waals surface area contributed by atoms with E-state index in [2.05, 4.69) is 31.9 Å². The van der Waals surface area contributed by atoms with Gasteiger partial charge in [-0.25, -0.2) is 0 Å². The van der Waals surface area contributed by atoms with Crippen LogP contribution in [0.15, 0.2) is 80.6 Å². The number of hydrogen-bond acceptors (Lipinski definition) is 5. The molecule has 4 rings (SSSR count). The van der Waals surface area contributed by atoms with Crippen LogP contribution in [0.5, 0.6) is 5.75 Å². The Bertz CT molecular complexity index is 1290. The highest BCUT2D eigenvalue weighted by Crippen LogP contribution is 2.38. The Morgan fingerprint density at radius 1 is 1.00 bits per heavy atom. The summed E-state index contributed by atoms with van der Waals surface area (Å²) in [5.41, 5.74) is 1.99. The van der Waals surface area contributed by atoms with Crippen molar-refractivity contribution in [1.82, 2.24) is 4.90 Å². The Labute approximate surface area is 222 Å². The van der Waals surface area contributed by atoms with E-state index >= 15 is 0 Å². The van der Waals surface area contributed by atoms with Crippen LogP contribution in [0.3, 0.4) is 0 Å². The van der Waals surface area contributed by atoms with Gasteiger partial charge >= 0.3 is 0 Å². The summed E-state index contributed by atoms with van der Waals surface area (Å²) < 4.78 is 7.26. The average Bonchev–Trinajstić information content (AvgIpc) is 3.07. The minimum atomic E-state index is -0.495. The number of ketones is 1. The Morgan fingerprint density at radius 3 is 2.32 bits per heavy atom. The number of nitrogens with zero attached hydrogens (tertiary/aromatic N) is 1. The lowest BCUT2D eigenvalue weighted by Crippen LogP contribution is -2.33. The molecular formula is C25H16Br2ClNO4S. The number of carbonyl (C=O) groups is 3. The standard InChI is InChI=1S/C25H16Br2ClNO4S/c26-18-10-15(11-19(27)23(18)33-14-17-8-4-5-9-20(17)28)12-22-24(31)29(25(32)34-22)13-21(30)16-6-2-1-3-7-16/h1-12H,13-14H2/b22-12+. The number of carbonyl (C=O) groups excluding carboxylic acids is 3. The molecule has 0 aliphatic carbocycles. The molecule has 0 bridgehead atoms. The van der Waals surface area contributed by atoms with Crippen LogP contribution in [0.2, 0.25) is 5.02 Å². The number of amides is 2. The molecule has 34 heavy (non-hydrogen) atoms. The van der Waals surface area contributed by atoms with E-state index in [1.165, 1.54) is 0 Å². The molecule has 0 atom stereocenters. The monoisotopic (exact) mass is 619 g/mol. The van der Waals surface area contributed by atoms with Crippen molar-refractivity contribution >= 4 is 78.2 Å². The molecule has 2 amide bonds. The molecule has 5 nitrogen and oxygen atoms in total. The molecule has 0 N–H and O–H groups in total. The predicted octanol–water partition coefficient (Wildman–Crippen LogP) is 7.36. The van der Waals surface area contributed by atoms with E-state index in [0.717, 1.165) is 22.2 Å². The molecule has 0 unspecified atom stereocenters. The third-order valence-electron chi connectivity index (χ3n) is 4.92. The zero-order valence-corrected chi connectivity index (χ0v) is 22.2. The molecule has 1 saturated heterocycles. The number of hydrogen-bond donors (Lipinski definition) is 0. The lowest BCUT2D eigenvalue weighted by atomic mass is 10.1. The van der Waals surface area contributed by atoms with Crippen molar-refractivity contribution in [3.8, 4) is 5.75 Å². The van der Waals surface area contributed by atoms with E-state index in [0.29, 0.717) is 30.8 Å². The van der Waals surface area contributed by atoms with Crippen LogP contribution in [-0.2, 0) is 11.4 Å². The Kier molecular flexibility index (Phi) is 7.93. The zero-order chi connectivity index (χ0) is 24.2. The van der Waals surface area contributed by atoms with Crippen LogP contribution >= 0.6 is 55.2 Å². The second-order valence-corrected chi connectivity index (χ2v) is 10.4. The van der Waals surface area contributed by atoms with Gasteiger partial charge in [0.2, 0.25) is 0 Å². The number of benzene rings is 3. The molecule has 9 heteroatoms. The molecule has 0 saturated carbocycles. The van der Waals surface area contributed by atoms with Crippen molar-refractivity contribution in [1.29, 1.82) is 0 Å². The van der Waals surface area contributed by atoms with Gasteiger partial charge in [-0.1, -0.05) is 60.1 Å². The normalized spacial score (nSPS) is 14.7. The topological polar surface area (TPSA) is 63.7 Å². The van der Waals surface area contributed by atoms with Crippen LogP contribution in [0.4, 0.5) is 4.79 Å². The molecule has 0 aromatic heterocycles. The zero-order valence-electron chi connectivity index (χ0n) is 17.5. The van der Waals surface area contributed by atoms with E-state index in [9.17, 15) is 14.4 Å². The molecule has 172 valence electrons. The maximum atomic E-state index is 12.8. The van der Waals surface area contributed by atoms with Gasteiger partial charge in [-0.05, 0) is 73.5 Å². The first-order valence-electron chi connectivity index (χ1n) is 10.0. The smallest absolute Gasteiger partial charge is 0.293 e. The quantitative estimate of drug-likeness (QED) is 0.204. The number of Topliss-reactive ketones (excluding diaryl/α,β-unsaturated/α-hetero) is 1. The summed E-state index contributed by atoms with van der Waals surface area (Å²) in [6, 6.07) is 19.6. The summed E-state index contributed by atoms with van der Waals surface area (Å²) in [5.74, 6) is -0.209. The largest absolute Gasteiger partial charge is 0.486 e. The van der Waals surface area contributed by atoms with E-state index in [1.807, 2.05) is 18.2 Å². The van der Waals surface area contributed by atoms with Gasteiger partial charge in [-0.15, -0.1) is 0 Å². The van der Waals surface area contributed by atoms with E-state index in [1.54, 1.807) is 54.6 Å². The molecule has 0 radical (unpaired) electrons. The van der Waals surface area contributed by atoms with Gasteiger partial charge in [0.1, 0.15) is 12.4 Å². The Balaban J connectivity index is 1.49. The number of imide groups is 1. The molecule has 3 aromatic carbocycles. The van der Waals surface area contributed by atoms with Crippen LogP contribution in [0, 0.1) is 0 Å². The maximum Gasteiger partial charge on any atom is 0.293 e. The Hall–Kier alpha value is -2.39. The maximum absolute atomic E-state index is 12.8. The molecule has 3 aromatic rings. The lowest BCUT2D eigenvalue weighted by molar-refractivity contribution is -0.122. The molecule has 1 aliphatic rings. The minimum Gasteiger partial charge on any atom is -0.486 e. The summed E-state index contributed by atoms with van der Waals surface area (Å²) in [4.78, 5) is 38.9. The van der Waals surface area contributed by atoms with Crippen molar-refractivity contribution in [2.45, 2.75) is 6.61 Å². The molecule has 1 aliphatic heterocycles. The van der Waals surface area contributed by atoms with Crippen LogP contribution in [0.25, 0.3) is 6.08 Å². The lowest BCUT2D eigenvalue weighted by Gasteiger charge is -2.12. The summed E-state index contributed by atoms with van der Waals surface area (Å²) in [5, 5.41) is 0.145. The highest BCUT2D eigenvalue weighted by atomic mass is 79.9. The first kappa shape index (κ1) is 24.7. The summed E-state index contributed by atoms with van der Waals surface area (Å²) in [6.45, 7) is -0.0151. The van der Waals surface area contributed by atoms with Gasteiger partial charge in [0.05, 0.1) is 20.4 Å². The van der Waals surface area contributed by atoms with Crippen molar-refractivity contribution in [3.63, 3.8) is 0 Å². The van der Waals surface area contributed by atoms with E-state index in [4.69, 9.17) is 16.3 Å². The van der Waals surface area contributed by atoms with E-state index < -0.39 is 11.1 Å². The average molecular weight is 622 g/mol. The van der Waals surface area contributed by atoms with Gasteiger partial charge < -0.3 is 4.74 Å². The van der Waals surface area contributed by atoms with Crippen molar-refractivity contribution in [2.24, 2.45) is 0 Å². The number of halogens is 3. The molecular weight excluding hydrogens is 606 g/mol. The highest BCUT2D eigenvalue weighted by molar-refractivity contribution is 9.11. The fourth-order valence-corrected chi connectivity index (χ4v) is 5.69. The predicted molar refractivity (Wildman–Crippen MR) is 141 cm³/mol. The second-order valence-electron chi connectivity index (χ2n) is 7.25. The van der Waals surface area contributed by atoms with Gasteiger partial charge in [0, 0.05) is 16.1 Å². The summed E-state index contributed by atoms with van der Waals surface area (Å²) in [7, 11) is 0. The third-order valence-corrected chi connectivity index (χ3v) is 7.37. The van der Waals surface area contributed by atoms with Crippen LogP contribution in [0.1, 0.15) is 21.5 Å². The SMILES string of the molecule is O=C(CN1C(=O)S/C(=C/c2cc(Br)c(OCc3ccccc3Cl)c(Br)c2)C1=O)c1ccccc1. The number of thioether (sulfide) groups is 1.